The molecule has 2 aromatic carbocycles. The molecule has 6 nitrogen and oxygen atoms in total. The molecule has 0 aliphatic heterocycles. The van der Waals surface area contributed by atoms with E-state index < -0.39 is 0 Å². The molecule has 4 aromatic rings. The van der Waals surface area contributed by atoms with Gasteiger partial charge in [-0.15, -0.1) is 11.3 Å². The predicted molar refractivity (Wildman–Crippen MR) is 133 cm³/mol. The Morgan fingerprint density at radius 1 is 1.18 bits per heavy atom. The number of carbonyl (C=O) groups is 1. The summed E-state index contributed by atoms with van der Waals surface area (Å²) in [6, 6.07) is 13.9. The maximum absolute atomic E-state index is 13.3. The monoisotopic (exact) mass is 459 g/mol. The smallest absolute Gasteiger partial charge is 0.341 e. The Morgan fingerprint density at radius 2 is 1.97 bits per heavy atom. The number of benzene rings is 2. The second kappa shape index (κ2) is 8.83. The molecule has 0 saturated carbocycles. The molecule has 7 heteroatoms. The van der Waals surface area contributed by atoms with E-state index in [2.05, 4.69) is 10.1 Å². The number of aromatic amines is 1. The fourth-order valence-electron chi connectivity index (χ4n) is 4.46. The van der Waals surface area contributed by atoms with Crippen molar-refractivity contribution in [3.8, 4) is 5.69 Å². The largest absolute Gasteiger partial charge is 0.462 e. The quantitative estimate of drug-likeness (QED) is 0.316. The lowest BCUT2D eigenvalue weighted by molar-refractivity contribution is 0.0526. The molecule has 1 N–H and O–H groups in total. The van der Waals surface area contributed by atoms with Gasteiger partial charge in [0.15, 0.2) is 0 Å². The van der Waals surface area contributed by atoms with E-state index in [-0.39, 0.29) is 11.5 Å². The van der Waals surface area contributed by atoms with Crippen molar-refractivity contribution in [2.45, 2.75) is 39.5 Å². The summed E-state index contributed by atoms with van der Waals surface area (Å²) in [5, 5.41) is 5.86. The van der Waals surface area contributed by atoms with E-state index >= 15 is 0 Å². The summed E-state index contributed by atoms with van der Waals surface area (Å²) >= 11 is 1.53. The normalized spacial score (nSPS) is 13.5. The molecule has 0 atom stereocenters. The summed E-state index contributed by atoms with van der Waals surface area (Å²) in [5.41, 5.74) is 3.44. The summed E-state index contributed by atoms with van der Waals surface area (Å²) in [4.78, 5) is 31.9. The third kappa shape index (κ3) is 3.82. The molecular formula is C26H25N3O3S. The van der Waals surface area contributed by atoms with E-state index in [1.54, 1.807) is 17.8 Å². The number of rotatable bonds is 5. The van der Waals surface area contributed by atoms with Gasteiger partial charge < -0.3 is 4.74 Å². The number of hydrogen-bond donors (Lipinski definition) is 1. The van der Waals surface area contributed by atoms with Gasteiger partial charge in [0.1, 0.15) is 5.00 Å². The number of aromatic nitrogens is 2. The van der Waals surface area contributed by atoms with Crippen molar-refractivity contribution in [3.63, 3.8) is 0 Å². The number of carbonyl (C=O) groups excluding carboxylic acids is 1. The predicted octanol–water partition coefficient (Wildman–Crippen LogP) is 5.49. The van der Waals surface area contributed by atoms with Crippen molar-refractivity contribution >= 4 is 39.3 Å². The van der Waals surface area contributed by atoms with Crippen molar-refractivity contribution in [3.05, 3.63) is 80.1 Å². The van der Waals surface area contributed by atoms with E-state index in [0.717, 1.165) is 53.4 Å². The zero-order chi connectivity index (χ0) is 22.9. The Labute approximate surface area is 195 Å². The Kier molecular flexibility index (Phi) is 5.72. The molecule has 1 aliphatic carbocycles. The topological polar surface area (TPSA) is 76.4 Å². The summed E-state index contributed by atoms with van der Waals surface area (Å²) < 4.78 is 6.88. The number of aliphatic imine (C=N–C) groups is 1. The highest BCUT2D eigenvalue weighted by molar-refractivity contribution is 7.16. The SMILES string of the molecule is CCOC(=O)c1c(/N=C/c2c(C)[nH]n(-c3cccc4ccccc34)c2=O)sc2c1CCCC2. The van der Waals surface area contributed by atoms with Crippen LogP contribution in [0.25, 0.3) is 16.5 Å². The minimum atomic E-state index is -0.331. The lowest BCUT2D eigenvalue weighted by Gasteiger charge is -2.11. The zero-order valence-corrected chi connectivity index (χ0v) is 19.5. The number of nitrogens with one attached hydrogen (secondary N) is 1. The summed E-state index contributed by atoms with van der Waals surface area (Å²) in [6.07, 6.45) is 5.58. The van der Waals surface area contributed by atoms with Crippen LogP contribution < -0.4 is 5.56 Å². The molecule has 0 spiro atoms. The Hall–Kier alpha value is -3.45. The van der Waals surface area contributed by atoms with Gasteiger partial charge in [-0.3, -0.25) is 9.89 Å². The molecule has 168 valence electrons. The molecule has 5 rings (SSSR count). The summed E-state index contributed by atoms with van der Waals surface area (Å²) in [7, 11) is 0. The first-order valence-electron chi connectivity index (χ1n) is 11.2. The lowest BCUT2D eigenvalue weighted by Crippen LogP contribution is -2.17. The van der Waals surface area contributed by atoms with E-state index in [1.165, 1.54) is 16.2 Å². The Bertz CT molecular complexity index is 1440. The molecule has 33 heavy (non-hydrogen) atoms. The van der Waals surface area contributed by atoms with Crippen LogP contribution in [-0.4, -0.2) is 28.6 Å². The molecule has 0 radical (unpaired) electrons. The van der Waals surface area contributed by atoms with Gasteiger partial charge in [-0.05, 0) is 56.5 Å². The highest BCUT2D eigenvalue weighted by Gasteiger charge is 2.26. The average Bonchev–Trinajstić information content (AvgIpc) is 3.34. The van der Waals surface area contributed by atoms with Crippen molar-refractivity contribution in [2.24, 2.45) is 4.99 Å². The van der Waals surface area contributed by atoms with Crippen LogP contribution in [0.1, 0.15) is 51.8 Å². The molecule has 2 heterocycles. The van der Waals surface area contributed by atoms with E-state index in [1.807, 2.05) is 49.4 Å². The van der Waals surface area contributed by atoms with Gasteiger partial charge in [0, 0.05) is 22.2 Å². The number of ether oxygens (including phenoxy) is 1. The fourth-order valence-corrected chi connectivity index (χ4v) is 5.68. The molecule has 0 bridgehead atoms. The van der Waals surface area contributed by atoms with Gasteiger partial charge in [0.2, 0.25) is 0 Å². The van der Waals surface area contributed by atoms with Crippen LogP contribution in [0.3, 0.4) is 0 Å². The molecule has 2 aromatic heterocycles. The Balaban J connectivity index is 1.57. The van der Waals surface area contributed by atoms with Crippen LogP contribution in [0, 0.1) is 6.92 Å². The number of thiophene rings is 1. The number of fused-ring (bicyclic) bond motifs is 2. The van der Waals surface area contributed by atoms with Gasteiger partial charge in [-0.1, -0.05) is 36.4 Å². The van der Waals surface area contributed by atoms with Crippen LogP contribution in [0.15, 0.2) is 52.3 Å². The Morgan fingerprint density at radius 3 is 2.82 bits per heavy atom. The van der Waals surface area contributed by atoms with E-state index in [4.69, 9.17) is 4.74 Å². The third-order valence-electron chi connectivity index (χ3n) is 6.07. The lowest BCUT2D eigenvalue weighted by atomic mass is 9.95. The van der Waals surface area contributed by atoms with Crippen LogP contribution >= 0.6 is 11.3 Å². The first-order valence-corrected chi connectivity index (χ1v) is 12.1. The molecule has 1 aliphatic rings. The zero-order valence-electron chi connectivity index (χ0n) is 18.7. The van der Waals surface area contributed by atoms with Crippen LogP contribution in [-0.2, 0) is 17.6 Å². The van der Waals surface area contributed by atoms with Gasteiger partial charge in [0.25, 0.3) is 5.56 Å². The molecule has 0 amide bonds. The van der Waals surface area contributed by atoms with E-state index in [0.29, 0.717) is 22.7 Å². The molecular weight excluding hydrogens is 434 g/mol. The molecule has 0 saturated heterocycles. The van der Waals surface area contributed by atoms with Crippen molar-refractivity contribution in [2.75, 3.05) is 6.61 Å². The fraction of sp³-hybridized carbons (Fsp3) is 0.269. The first kappa shape index (κ1) is 21.4. The molecule has 0 fully saturated rings. The summed E-state index contributed by atoms with van der Waals surface area (Å²) in [6.45, 7) is 3.98. The number of nitrogens with zero attached hydrogens (tertiary/aromatic N) is 2. The average molecular weight is 460 g/mol. The first-order chi connectivity index (χ1) is 16.1. The van der Waals surface area contributed by atoms with Crippen molar-refractivity contribution in [1.82, 2.24) is 9.78 Å². The number of hydrogen-bond acceptors (Lipinski definition) is 5. The van der Waals surface area contributed by atoms with Crippen molar-refractivity contribution < 1.29 is 9.53 Å². The molecule has 0 unspecified atom stereocenters. The summed E-state index contributed by atoms with van der Waals surface area (Å²) in [5.74, 6) is -0.331. The minimum Gasteiger partial charge on any atom is -0.462 e. The third-order valence-corrected chi connectivity index (χ3v) is 7.27. The van der Waals surface area contributed by atoms with Crippen molar-refractivity contribution in [1.29, 1.82) is 0 Å². The maximum Gasteiger partial charge on any atom is 0.341 e. The maximum atomic E-state index is 13.3. The standard InChI is InChI=1S/C26H25N3O3S/c1-3-32-26(31)23-19-12-6-7-14-22(19)33-24(23)27-15-20-16(2)28-29(25(20)30)21-13-8-10-17-9-4-5-11-18(17)21/h4-5,8-11,13,15,28H,3,6-7,12,14H2,1-2H3/b27-15+. The van der Waals surface area contributed by atoms with Crippen LogP contribution in [0.4, 0.5) is 5.00 Å². The number of H-pyrrole nitrogens is 1. The number of esters is 1. The minimum absolute atomic E-state index is 0.174. The van der Waals surface area contributed by atoms with Gasteiger partial charge >= 0.3 is 5.97 Å². The van der Waals surface area contributed by atoms with Crippen LogP contribution in [0.2, 0.25) is 0 Å². The second-order valence-corrected chi connectivity index (χ2v) is 9.24. The second-order valence-electron chi connectivity index (χ2n) is 8.16. The highest BCUT2D eigenvalue weighted by Crippen LogP contribution is 2.40. The van der Waals surface area contributed by atoms with Gasteiger partial charge in [-0.2, -0.15) is 0 Å². The highest BCUT2D eigenvalue weighted by atomic mass is 32.1. The van der Waals surface area contributed by atoms with Gasteiger partial charge in [0.05, 0.1) is 23.4 Å². The van der Waals surface area contributed by atoms with E-state index in [9.17, 15) is 9.59 Å². The van der Waals surface area contributed by atoms with Crippen LogP contribution in [0.5, 0.6) is 0 Å². The number of aryl methyl sites for hydroxylation is 2. The van der Waals surface area contributed by atoms with Gasteiger partial charge in [-0.25, -0.2) is 14.5 Å².